The molecule has 188 valence electrons. The van der Waals surface area contributed by atoms with Gasteiger partial charge in [-0.3, -0.25) is 0 Å². The van der Waals surface area contributed by atoms with E-state index < -0.39 is 76.0 Å². The molecule has 9 nitrogen and oxygen atoms in total. The van der Waals surface area contributed by atoms with E-state index in [0.29, 0.717) is 6.42 Å². The summed E-state index contributed by atoms with van der Waals surface area (Å²) < 4.78 is 12.4. The Morgan fingerprint density at radius 3 is 2.62 bits per heavy atom. The molecule has 7 rings (SSSR count). The van der Waals surface area contributed by atoms with Crippen molar-refractivity contribution in [1.29, 1.82) is 0 Å². The van der Waals surface area contributed by atoms with Crippen LogP contribution in [0, 0.1) is 34.5 Å². The minimum absolute atomic E-state index is 0.126. The van der Waals surface area contributed by atoms with Crippen LogP contribution in [0.4, 0.5) is 0 Å². The Kier molecular flexibility index (Phi) is 4.22. The third-order valence-corrected chi connectivity index (χ3v) is 11.0. The van der Waals surface area contributed by atoms with Gasteiger partial charge in [-0.15, -0.1) is 0 Å². The van der Waals surface area contributed by atoms with Crippen LogP contribution in [0.25, 0.3) is 0 Å². The fourth-order valence-corrected chi connectivity index (χ4v) is 9.55. The van der Waals surface area contributed by atoms with Crippen molar-refractivity contribution in [3.8, 4) is 0 Å². The van der Waals surface area contributed by atoms with Gasteiger partial charge in [0.25, 0.3) is 0 Å². The molecule has 4 unspecified atom stereocenters. The summed E-state index contributed by atoms with van der Waals surface area (Å²) in [6.07, 6.45) is -0.0207. The van der Waals surface area contributed by atoms with E-state index >= 15 is 0 Å². The quantitative estimate of drug-likeness (QED) is 0.344. The third kappa shape index (κ3) is 1.89. The number of aliphatic hydroxyl groups excluding tert-OH is 2. The molecular weight excluding hydrogens is 442 g/mol. The first-order chi connectivity index (χ1) is 15.8. The van der Waals surface area contributed by atoms with Crippen LogP contribution in [-0.4, -0.2) is 77.9 Å². The van der Waals surface area contributed by atoms with Gasteiger partial charge in [-0.1, -0.05) is 27.7 Å². The first-order valence-corrected chi connectivity index (χ1v) is 12.3. The van der Waals surface area contributed by atoms with Crippen molar-refractivity contribution in [3.05, 3.63) is 24.0 Å². The molecular formula is C25H35NO8. The zero-order valence-corrected chi connectivity index (χ0v) is 20.0. The SMILES string of the molecule is CC(C)[C@@]1(O)C(OC(=O)c2ccc[nH]2)C2C3C45O[C@](O)(C[C@]2(CO)[C@@]4(O)CC[C@H](C)[C@H]5O)[C@@]31C. The number of aromatic nitrogens is 1. The van der Waals surface area contributed by atoms with E-state index in [1.807, 2.05) is 6.92 Å². The van der Waals surface area contributed by atoms with Crippen LogP contribution in [-0.2, 0) is 9.47 Å². The summed E-state index contributed by atoms with van der Waals surface area (Å²) in [5.41, 5.74) is -7.50. The number of nitrogens with one attached hydrogen (secondary N) is 1. The largest absolute Gasteiger partial charge is 0.454 e. The average Bonchev–Trinajstić information content (AvgIpc) is 3.44. The molecule has 2 saturated heterocycles. The molecule has 2 aliphatic heterocycles. The number of rotatable bonds is 4. The van der Waals surface area contributed by atoms with Crippen LogP contribution in [0.2, 0.25) is 0 Å². The van der Waals surface area contributed by atoms with Crippen molar-refractivity contribution in [2.45, 2.75) is 81.8 Å². The molecule has 11 atom stereocenters. The highest BCUT2D eigenvalue weighted by Gasteiger charge is 3.00. The molecule has 1 aromatic rings. The smallest absolute Gasteiger partial charge is 0.355 e. The van der Waals surface area contributed by atoms with Crippen molar-refractivity contribution in [2.75, 3.05) is 6.61 Å². The summed E-state index contributed by atoms with van der Waals surface area (Å²) in [5, 5.41) is 59.3. The molecule has 1 aromatic heterocycles. The van der Waals surface area contributed by atoms with Crippen LogP contribution in [0.1, 0.15) is 57.4 Å². The average molecular weight is 478 g/mol. The molecule has 0 radical (unpaired) electrons. The summed E-state index contributed by atoms with van der Waals surface area (Å²) in [4.78, 5) is 16.0. The van der Waals surface area contributed by atoms with Crippen LogP contribution < -0.4 is 0 Å². The second-order valence-electron chi connectivity index (χ2n) is 12.1. The molecule has 4 aliphatic carbocycles. The fraction of sp³-hybridized carbons (Fsp3) is 0.800. The number of hydrogen-bond acceptors (Lipinski definition) is 8. The van der Waals surface area contributed by atoms with Crippen molar-refractivity contribution in [2.24, 2.45) is 34.5 Å². The Morgan fingerprint density at radius 1 is 1.32 bits per heavy atom. The maximum atomic E-state index is 13.1. The lowest BCUT2D eigenvalue weighted by molar-refractivity contribution is -0.390. The summed E-state index contributed by atoms with van der Waals surface area (Å²) in [6, 6.07) is 3.24. The van der Waals surface area contributed by atoms with Crippen LogP contribution in [0.3, 0.4) is 0 Å². The second kappa shape index (κ2) is 6.25. The van der Waals surface area contributed by atoms with Gasteiger partial charge in [-0.25, -0.2) is 4.79 Å². The van der Waals surface area contributed by atoms with Crippen LogP contribution >= 0.6 is 0 Å². The zero-order valence-electron chi connectivity index (χ0n) is 20.0. The standard InChI is InChI=1S/C25H35NO8/c1-12(2)24(32)18(33-19(29)14-6-5-9-26-14)15-16-20(24,4)23(31)10-21(15,11-27)22(30)8-7-13(3)17(28)25(16,22)34-23/h5-6,9,12-13,15-18,26-28,30-32H,7-8,10-11H2,1-4H3/t13-,15?,16?,17+,18?,20+,21+,22-,23+,24+,25?/m0/s1. The van der Waals surface area contributed by atoms with Crippen LogP contribution in [0.5, 0.6) is 0 Å². The summed E-state index contributed by atoms with van der Waals surface area (Å²) in [7, 11) is 0. The normalized spacial score (nSPS) is 56.8. The Balaban J connectivity index is 1.62. The van der Waals surface area contributed by atoms with Gasteiger partial charge >= 0.3 is 5.97 Å². The van der Waals surface area contributed by atoms with Crippen LogP contribution in [0.15, 0.2) is 18.3 Å². The van der Waals surface area contributed by atoms with E-state index in [2.05, 4.69) is 4.98 Å². The molecule has 1 spiro atoms. The highest BCUT2D eigenvalue weighted by molar-refractivity contribution is 5.87. The molecule has 3 heterocycles. The lowest BCUT2D eigenvalue weighted by atomic mass is 9.55. The minimum atomic E-state index is -1.94. The number of aliphatic hydroxyl groups is 5. The van der Waals surface area contributed by atoms with Gasteiger partial charge in [0.15, 0.2) is 5.79 Å². The Labute approximate surface area is 198 Å². The monoisotopic (exact) mass is 477 g/mol. The minimum Gasteiger partial charge on any atom is -0.454 e. The van der Waals surface area contributed by atoms with Gasteiger partial charge in [-0.05, 0) is 36.8 Å². The number of esters is 1. The summed E-state index contributed by atoms with van der Waals surface area (Å²) in [6.45, 7) is 6.69. The number of carbonyl (C=O) groups is 1. The Hall–Kier alpha value is -1.49. The second-order valence-corrected chi connectivity index (χ2v) is 12.1. The van der Waals surface area contributed by atoms with Gasteiger partial charge in [0.05, 0.1) is 18.1 Å². The summed E-state index contributed by atoms with van der Waals surface area (Å²) >= 11 is 0. The molecule has 6 fully saturated rings. The molecule has 6 N–H and O–H groups in total. The van der Waals surface area contributed by atoms with Crippen molar-refractivity contribution < 1.29 is 39.8 Å². The molecule has 4 saturated carbocycles. The number of aromatic amines is 1. The highest BCUT2D eigenvalue weighted by atomic mass is 16.7. The van der Waals surface area contributed by atoms with Gasteiger partial charge in [0.1, 0.15) is 28.6 Å². The van der Waals surface area contributed by atoms with Gasteiger partial charge in [0.2, 0.25) is 0 Å². The van der Waals surface area contributed by atoms with E-state index in [0.717, 1.165) is 0 Å². The maximum absolute atomic E-state index is 13.1. The van der Waals surface area contributed by atoms with Crippen molar-refractivity contribution in [3.63, 3.8) is 0 Å². The lowest BCUT2D eigenvalue weighted by Crippen LogP contribution is -2.74. The Bertz CT molecular complexity index is 1050. The zero-order chi connectivity index (χ0) is 24.7. The van der Waals surface area contributed by atoms with Gasteiger partial charge < -0.3 is 40.0 Å². The number of ether oxygens (including phenoxy) is 2. The maximum Gasteiger partial charge on any atom is 0.355 e. The van der Waals surface area contributed by atoms with E-state index in [9.17, 15) is 30.3 Å². The van der Waals surface area contributed by atoms with E-state index in [1.165, 1.54) is 0 Å². The predicted molar refractivity (Wildman–Crippen MR) is 117 cm³/mol. The first kappa shape index (κ1) is 22.9. The van der Waals surface area contributed by atoms with E-state index in [4.69, 9.17) is 9.47 Å². The first-order valence-electron chi connectivity index (χ1n) is 12.3. The molecule has 0 amide bonds. The van der Waals surface area contributed by atoms with Crippen molar-refractivity contribution >= 4 is 5.97 Å². The molecule has 34 heavy (non-hydrogen) atoms. The highest BCUT2D eigenvalue weighted by Crippen LogP contribution is 2.88. The van der Waals surface area contributed by atoms with Gasteiger partial charge in [-0.2, -0.15) is 0 Å². The summed E-state index contributed by atoms with van der Waals surface area (Å²) in [5.74, 6) is -4.79. The van der Waals surface area contributed by atoms with E-state index in [-0.39, 0.29) is 24.5 Å². The predicted octanol–water partition coefficient (Wildman–Crippen LogP) is 0.555. The van der Waals surface area contributed by atoms with Crippen molar-refractivity contribution in [1.82, 2.24) is 4.98 Å². The number of H-pyrrole nitrogens is 1. The molecule has 6 aliphatic rings. The van der Waals surface area contributed by atoms with Gasteiger partial charge in [0, 0.05) is 29.9 Å². The molecule has 6 bridgehead atoms. The lowest BCUT2D eigenvalue weighted by Gasteiger charge is -2.61. The number of hydrogen-bond donors (Lipinski definition) is 6. The number of carbonyl (C=O) groups excluding carboxylic acids is 1. The van der Waals surface area contributed by atoms with E-state index in [1.54, 1.807) is 39.1 Å². The third-order valence-electron chi connectivity index (χ3n) is 11.0. The fourth-order valence-electron chi connectivity index (χ4n) is 9.55. The molecule has 0 aromatic carbocycles. The Morgan fingerprint density at radius 2 is 2.03 bits per heavy atom. The topological polar surface area (TPSA) is 152 Å². The molecule has 9 heteroatoms.